The van der Waals surface area contributed by atoms with Gasteiger partial charge in [0, 0.05) is 66.0 Å². The highest BCUT2D eigenvalue weighted by molar-refractivity contribution is 5.78. The van der Waals surface area contributed by atoms with Gasteiger partial charge in [-0.2, -0.15) is 0 Å². The predicted molar refractivity (Wildman–Crippen MR) is 141 cm³/mol. The standard InChI is InChI=1S/C22H41N5O6.CH2O2.CH4O/c1-2-3-4-5-6-23-20(29)17-25-9-7-24(15-16-28)8-10-26(18-21(30)31)13-14-27(12-11-25)19-22(32)33;2-1-3;1-2/h16H,2-15,17-19H2,1H3,(H,23,29)(H,30,31)(H,32,33);1H,(H,2,3);2H,1H3. The highest BCUT2D eigenvalue weighted by atomic mass is 16.4. The maximum atomic E-state index is 12.4. The quantitative estimate of drug-likeness (QED) is 0.133. The molecule has 14 nitrogen and oxygen atoms in total. The van der Waals surface area contributed by atoms with Gasteiger partial charge in [0.2, 0.25) is 5.91 Å². The first-order valence-electron chi connectivity index (χ1n) is 12.8. The van der Waals surface area contributed by atoms with Gasteiger partial charge >= 0.3 is 11.9 Å². The highest BCUT2D eigenvalue weighted by Gasteiger charge is 2.20. The van der Waals surface area contributed by atoms with Crippen LogP contribution in [0.1, 0.15) is 32.6 Å². The average Bonchev–Trinajstić information content (AvgIpc) is 2.86. The topological polar surface area (TPSA) is 191 Å². The first-order chi connectivity index (χ1) is 18.2. The molecular formula is C24H47N5O9. The molecule has 1 saturated heterocycles. The SMILES string of the molecule is CCCCCCNC(=O)CN1CCN(CC=O)CCN(CC(=O)O)CCN(CC(=O)O)CC1.CO.O=CO. The molecule has 0 unspecified atom stereocenters. The summed E-state index contributed by atoms with van der Waals surface area (Å²) in [7, 11) is 1.00. The van der Waals surface area contributed by atoms with E-state index in [2.05, 4.69) is 12.2 Å². The van der Waals surface area contributed by atoms with E-state index in [0.717, 1.165) is 39.1 Å². The van der Waals surface area contributed by atoms with Crippen LogP contribution in [0, 0.1) is 0 Å². The smallest absolute Gasteiger partial charge is 0.317 e. The second-order valence-electron chi connectivity index (χ2n) is 8.60. The third kappa shape index (κ3) is 22.5. The first-order valence-corrected chi connectivity index (χ1v) is 12.8. The molecule has 5 N–H and O–H groups in total. The summed E-state index contributed by atoms with van der Waals surface area (Å²) in [6.07, 6.45) is 5.16. The molecule has 1 fully saturated rings. The van der Waals surface area contributed by atoms with Gasteiger partial charge in [-0.15, -0.1) is 0 Å². The molecule has 0 atom stereocenters. The molecule has 0 aliphatic carbocycles. The number of aliphatic carboxylic acids is 2. The van der Waals surface area contributed by atoms with Gasteiger partial charge in [-0.3, -0.25) is 38.8 Å². The van der Waals surface area contributed by atoms with Crippen LogP contribution in [0.2, 0.25) is 0 Å². The van der Waals surface area contributed by atoms with Crippen LogP contribution in [0.4, 0.5) is 0 Å². The average molecular weight is 550 g/mol. The van der Waals surface area contributed by atoms with Crippen LogP contribution < -0.4 is 5.32 Å². The number of hydrogen-bond donors (Lipinski definition) is 5. The Morgan fingerprint density at radius 3 is 1.47 bits per heavy atom. The van der Waals surface area contributed by atoms with Crippen molar-refractivity contribution in [1.82, 2.24) is 24.9 Å². The van der Waals surface area contributed by atoms with Crippen LogP contribution in [0.5, 0.6) is 0 Å². The normalized spacial score (nSPS) is 16.3. The molecule has 1 aliphatic rings. The number of aliphatic hydroxyl groups excluding tert-OH is 1. The number of hydrogen-bond acceptors (Lipinski definition) is 10. The van der Waals surface area contributed by atoms with E-state index in [0.29, 0.717) is 58.9 Å². The van der Waals surface area contributed by atoms with E-state index in [-0.39, 0.29) is 38.6 Å². The minimum absolute atomic E-state index is 0.0575. The fourth-order valence-corrected chi connectivity index (χ4v) is 3.76. The summed E-state index contributed by atoms with van der Waals surface area (Å²) in [4.78, 5) is 61.9. The van der Waals surface area contributed by atoms with Gasteiger partial charge < -0.3 is 30.5 Å². The fourth-order valence-electron chi connectivity index (χ4n) is 3.76. The van der Waals surface area contributed by atoms with Crippen molar-refractivity contribution in [1.29, 1.82) is 0 Å². The zero-order chi connectivity index (χ0) is 29.2. The van der Waals surface area contributed by atoms with Crippen molar-refractivity contribution in [2.45, 2.75) is 32.6 Å². The molecule has 0 aromatic rings. The van der Waals surface area contributed by atoms with Crippen molar-refractivity contribution >= 4 is 30.6 Å². The third-order valence-electron chi connectivity index (χ3n) is 5.70. The summed E-state index contributed by atoms with van der Waals surface area (Å²) in [5.74, 6) is -1.95. The molecule has 1 aliphatic heterocycles. The van der Waals surface area contributed by atoms with Gasteiger partial charge in [-0.25, -0.2) is 0 Å². The third-order valence-corrected chi connectivity index (χ3v) is 5.70. The van der Waals surface area contributed by atoms with E-state index in [1.807, 2.05) is 9.80 Å². The second kappa shape index (κ2) is 26.0. The number of aliphatic hydroxyl groups is 1. The predicted octanol–water partition coefficient (Wildman–Crippen LogP) is -1.42. The first kappa shape index (κ1) is 37.5. The molecule has 0 aromatic carbocycles. The summed E-state index contributed by atoms with van der Waals surface area (Å²) in [6.45, 7) is 6.57. The van der Waals surface area contributed by atoms with Gasteiger partial charge in [0.05, 0.1) is 26.2 Å². The number of aldehydes is 1. The number of rotatable bonds is 13. The fraction of sp³-hybridized carbons (Fsp3) is 0.792. The summed E-state index contributed by atoms with van der Waals surface area (Å²) < 4.78 is 0. The van der Waals surface area contributed by atoms with Gasteiger partial charge in [-0.1, -0.05) is 26.2 Å². The van der Waals surface area contributed by atoms with E-state index in [1.54, 1.807) is 9.80 Å². The van der Waals surface area contributed by atoms with Crippen molar-refractivity contribution in [3.63, 3.8) is 0 Å². The Kier molecular flexibility index (Phi) is 25.6. The Hall–Kier alpha value is -2.65. The number of unbranched alkanes of at least 4 members (excludes halogenated alkanes) is 3. The van der Waals surface area contributed by atoms with Crippen LogP contribution in [0.3, 0.4) is 0 Å². The molecular weight excluding hydrogens is 502 g/mol. The highest BCUT2D eigenvalue weighted by Crippen LogP contribution is 2.01. The van der Waals surface area contributed by atoms with E-state index in [4.69, 9.17) is 15.0 Å². The number of carbonyl (C=O) groups excluding carboxylic acids is 2. The summed E-state index contributed by atoms with van der Waals surface area (Å²) >= 11 is 0. The van der Waals surface area contributed by atoms with Gasteiger partial charge in [0.15, 0.2) is 0 Å². The Labute approximate surface area is 225 Å². The van der Waals surface area contributed by atoms with Crippen molar-refractivity contribution in [2.75, 3.05) is 92.2 Å². The molecule has 1 heterocycles. The maximum absolute atomic E-state index is 12.4. The number of amides is 1. The Morgan fingerprint density at radius 2 is 1.11 bits per heavy atom. The number of carbonyl (C=O) groups is 5. The molecule has 0 saturated carbocycles. The summed E-state index contributed by atoms with van der Waals surface area (Å²) in [5.41, 5.74) is 0. The van der Waals surface area contributed by atoms with Crippen molar-refractivity contribution in [2.24, 2.45) is 0 Å². The minimum Gasteiger partial charge on any atom is -0.483 e. The van der Waals surface area contributed by atoms with Crippen LogP contribution >= 0.6 is 0 Å². The molecule has 0 radical (unpaired) electrons. The molecule has 14 heteroatoms. The lowest BCUT2D eigenvalue weighted by atomic mass is 10.2. The summed E-state index contributed by atoms with van der Waals surface area (Å²) in [5, 5.41) is 35.3. The zero-order valence-corrected chi connectivity index (χ0v) is 22.8. The number of nitrogens with zero attached hydrogens (tertiary/aromatic N) is 4. The van der Waals surface area contributed by atoms with E-state index >= 15 is 0 Å². The number of nitrogens with one attached hydrogen (secondary N) is 1. The zero-order valence-electron chi connectivity index (χ0n) is 22.8. The lowest BCUT2D eigenvalue weighted by molar-refractivity contribution is -0.140. The Bertz CT molecular complexity index is 655. The van der Waals surface area contributed by atoms with Crippen LogP contribution in [0.25, 0.3) is 0 Å². The monoisotopic (exact) mass is 549 g/mol. The Balaban J connectivity index is 0. The van der Waals surface area contributed by atoms with E-state index in [9.17, 15) is 29.4 Å². The van der Waals surface area contributed by atoms with Crippen molar-refractivity contribution < 1.29 is 44.4 Å². The van der Waals surface area contributed by atoms with E-state index < -0.39 is 11.9 Å². The van der Waals surface area contributed by atoms with Gasteiger partial charge in [-0.05, 0) is 6.42 Å². The molecule has 0 bridgehead atoms. The summed E-state index contributed by atoms with van der Waals surface area (Å²) in [6, 6.07) is 0. The molecule has 0 aromatic heterocycles. The van der Waals surface area contributed by atoms with Crippen LogP contribution in [0.15, 0.2) is 0 Å². The van der Waals surface area contributed by atoms with Crippen molar-refractivity contribution in [3.8, 4) is 0 Å². The maximum Gasteiger partial charge on any atom is 0.317 e. The molecule has 1 amide bonds. The Morgan fingerprint density at radius 1 is 0.711 bits per heavy atom. The van der Waals surface area contributed by atoms with Crippen molar-refractivity contribution in [3.05, 3.63) is 0 Å². The lowest BCUT2D eigenvalue weighted by Gasteiger charge is -2.32. The largest absolute Gasteiger partial charge is 0.483 e. The van der Waals surface area contributed by atoms with Crippen LogP contribution in [-0.2, 0) is 24.0 Å². The lowest BCUT2D eigenvalue weighted by Crippen LogP contribution is -2.49. The molecule has 222 valence electrons. The number of carboxylic acids is 2. The van der Waals surface area contributed by atoms with Gasteiger partial charge in [0.25, 0.3) is 6.47 Å². The number of carboxylic acid groups (broad SMARTS) is 3. The minimum atomic E-state index is -0.944. The molecule has 1 rings (SSSR count). The molecule has 38 heavy (non-hydrogen) atoms. The van der Waals surface area contributed by atoms with Gasteiger partial charge in [0.1, 0.15) is 6.29 Å². The molecule has 0 spiro atoms. The second-order valence-corrected chi connectivity index (χ2v) is 8.60. The van der Waals surface area contributed by atoms with Crippen LogP contribution in [-0.4, -0.2) is 163 Å². The van der Waals surface area contributed by atoms with E-state index in [1.165, 1.54) is 0 Å².